The van der Waals surface area contributed by atoms with Crippen LogP contribution in [0.2, 0.25) is 0 Å². The second kappa shape index (κ2) is 40.1. The van der Waals surface area contributed by atoms with Gasteiger partial charge in [-0.25, -0.2) is 69.9 Å². The number of nitrogens with zero attached hydrogens (tertiary/aromatic N) is 7. The van der Waals surface area contributed by atoms with E-state index in [-0.39, 0.29) is 46.5 Å². The van der Waals surface area contributed by atoms with Crippen LogP contribution >= 0.6 is 68.0 Å². The summed E-state index contributed by atoms with van der Waals surface area (Å²) < 4.78 is 105. The van der Waals surface area contributed by atoms with Gasteiger partial charge >= 0.3 is 0 Å². The third-order valence-electron chi connectivity index (χ3n) is 19.0. The standard InChI is InChI=1S/C17H13F2NS.C17H11FN2S.3C17H14FNS.C16H11F2NS/c1-10-3-8-14(15(19)9-10)17-20-11(2)16(21-17)12-4-6-13(18)7-5-12;1-11-16(12-6-8-14(18)9-7-12)21-17(20-11)13-4-3-5-15(10-13)19-2;1-11-3-5-14(6-4-11)17-19-12(2)16(20-17)13-7-9-15(18)10-8-13;1-11-4-3-5-14(10-11)17-19-12(2)16(20-17)13-6-8-15(18)9-7-13;1-11-5-3-4-6-15(11)17-19-12(2)16(20-17)13-7-9-14(18)10-8-13;1-10-15(11-5-7-13(17)8-6-11)20-16(19-10)12-3-2-4-14(18)9-12/h3-9H,1-2H3;3-10H,1H3;3*3-10H,1-2H3;2-9H,1H3. The minimum absolute atomic E-state index is 0.213. The first-order valence-corrected chi connectivity index (χ1v) is 43.3. The molecule has 0 spiro atoms. The zero-order chi connectivity index (χ0) is 86.3. The molecule has 0 atom stereocenters. The Morgan fingerprint density at radius 2 is 0.508 bits per heavy atom. The molecule has 0 bridgehead atoms. The quantitative estimate of drug-likeness (QED) is 0.0895. The zero-order valence-corrected chi connectivity index (χ0v) is 72.6. The predicted octanol–water partition coefficient (Wildman–Crippen LogP) is 31.6. The van der Waals surface area contributed by atoms with E-state index < -0.39 is 0 Å². The van der Waals surface area contributed by atoms with Gasteiger partial charge in [-0.2, -0.15) is 0 Å². The zero-order valence-electron chi connectivity index (χ0n) is 67.7. The van der Waals surface area contributed by atoms with Crippen molar-refractivity contribution in [3.63, 3.8) is 0 Å². The fraction of sp³-hybridized carbons (Fsp3) is 0.0990. The summed E-state index contributed by atoms with van der Waals surface area (Å²) in [6.07, 6.45) is 0. The summed E-state index contributed by atoms with van der Waals surface area (Å²) in [7, 11) is 0. The lowest BCUT2D eigenvalue weighted by molar-refractivity contribution is 0.627. The molecule has 6 aromatic heterocycles. The van der Waals surface area contributed by atoms with Crippen molar-refractivity contribution in [1.82, 2.24) is 29.9 Å². The van der Waals surface area contributed by atoms with Crippen molar-refractivity contribution < 1.29 is 35.1 Å². The van der Waals surface area contributed by atoms with Gasteiger partial charge in [-0.05, 0) is 229 Å². The topological polar surface area (TPSA) is 81.7 Å². The molecule has 0 fully saturated rings. The minimum atomic E-state index is -0.279. The SMILES string of the molecule is Cc1ccc(-c2nc(C)c(-c3ccc(F)cc3)s2)c(F)c1.Cc1ccc(-c2nc(C)c(-c3ccc(F)cc3)s2)cc1.Cc1cccc(-c2nc(C)c(-c3ccc(F)cc3)s2)c1.Cc1ccccc1-c1nc(C)c(-c2ccc(F)cc2)s1.Cc1nc(-c2cccc(F)c2)sc1-c1ccc(F)cc1.[C-]#[N+]c1cccc(-c2nc(C)c(-c3ccc(F)cc3)s2)c1. The molecule has 0 saturated heterocycles. The highest BCUT2D eigenvalue weighted by Crippen LogP contribution is 2.43. The van der Waals surface area contributed by atoms with Gasteiger partial charge in [-0.1, -0.05) is 187 Å². The number of halogens is 8. The maximum Gasteiger partial charge on any atom is 0.187 e. The molecule has 18 aromatic rings. The number of thiazole rings is 6. The van der Waals surface area contributed by atoms with Gasteiger partial charge in [0.2, 0.25) is 0 Å². The van der Waals surface area contributed by atoms with Gasteiger partial charge in [0, 0.05) is 27.8 Å². The van der Waals surface area contributed by atoms with Gasteiger partial charge in [-0.3, -0.25) is 0 Å². The molecule has 0 aliphatic heterocycles. The molecule has 0 saturated carbocycles. The summed E-state index contributed by atoms with van der Waals surface area (Å²) in [4.78, 5) is 37.1. The lowest BCUT2D eigenvalue weighted by atomic mass is 10.1. The summed E-state index contributed by atoms with van der Waals surface area (Å²) in [5.41, 5.74) is 22.1. The Morgan fingerprint density at radius 1 is 0.221 bits per heavy atom. The monoisotopic (exact) mass is 1730 g/mol. The highest BCUT2D eigenvalue weighted by molar-refractivity contribution is 7.20. The van der Waals surface area contributed by atoms with Gasteiger partial charge in [0.05, 0.1) is 70.0 Å². The molecule has 6 heterocycles. The van der Waals surface area contributed by atoms with Crippen LogP contribution in [0.15, 0.2) is 285 Å². The highest BCUT2D eigenvalue weighted by Gasteiger charge is 2.20. The van der Waals surface area contributed by atoms with E-state index in [9.17, 15) is 35.1 Å². The van der Waals surface area contributed by atoms with E-state index in [1.807, 2.05) is 97.0 Å². The van der Waals surface area contributed by atoms with E-state index in [0.717, 1.165) is 155 Å². The summed E-state index contributed by atoms with van der Waals surface area (Å²) >= 11 is 9.40. The number of hydrogen-bond acceptors (Lipinski definition) is 12. The van der Waals surface area contributed by atoms with Crippen LogP contribution in [-0.4, -0.2) is 29.9 Å². The Labute approximate surface area is 728 Å². The molecular weight excluding hydrogens is 1660 g/mol. The van der Waals surface area contributed by atoms with Gasteiger partial charge < -0.3 is 0 Å². The van der Waals surface area contributed by atoms with E-state index in [0.29, 0.717) is 16.3 Å². The second-order valence-electron chi connectivity index (χ2n) is 28.3. The molecule has 21 heteroatoms. The van der Waals surface area contributed by atoms with Crippen LogP contribution in [0.4, 0.5) is 40.8 Å². The van der Waals surface area contributed by atoms with Crippen molar-refractivity contribution in [2.75, 3.05) is 0 Å². The van der Waals surface area contributed by atoms with Gasteiger partial charge in [-0.15, -0.1) is 68.0 Å². The van der Waals surface area contributed by atoms with Crippen molar-refractivity contribution >= 4 is 73.7 Å². The van der Waals surface area contributed by atoms with Crippen molar-refractivity contribution in [2.24, 2.45) is 0 Å². The van der Waals surface area contributed by atoms with E-state index >= 15 is 0 Å². The third-order valence-corrected chi connectivity index (χ3v) is 26.5. The summed E-state index contributed by atoms with van der Waals surface area (Å²) in [5, 5.41) is 5.30. The lowest BCUT2D eigenvalue weighted by Gasteiger charge is -2.00. The lowest BCUT2D eigenvalue weighted by Crippen LogP contribution is -1.85. The van der Waals surface area contributed by atoms with Gasteiger partial charge in [0.1, 0.15) is 76.6 Å². The summed E-state index contributed by atoms with van der Waals surface area (Å²) in [6, 6.07) is 82.5. The molecule has 0 unspecified atom stereocenters. The average Bonchev–Trinajstić information content (AvgIpc) is 1.70. The summed E-state index contributed by atoms with van der Waals surface area (Å²) in [6.45, 7) is 26.9. The predicted molar refractivity (Wildman–Crippen MR) is 491 cm³/mol. The molecule has 7 nitrogen and oxygen atoms in total. The van der Waals surface area contributed by atoms with Gasteiger partial charge in [0.15, 0.2) is 5.69 Å². The second-order valence-corrected chi connectivity index (χ2v) is 34.3. The third kappa shape index (κ3) is 22.3. The number of aromatic nitrogens is 6. The average molecular weight is 1730 g/mol. The Morgan fingerprint density at radius 3 is 0.852 bits per heavy atom. The van der Waals surface area contributed by atoms with Crippen molar-refractivity contribution in [3.05, 3.63) is 399 Å². The molecule has 0 radical (unpaired) electrons. The van der Waals surface area contributed by atoms with E-state index in [1.165, 1.54) is 130 Å². The Kier molecular flexibility index (Phi) is 28.7. The first-order valence-electron chi connectivity index (χ1n) is 38.4. The van der Waals surface area contributed by atoms with Crippen LogP contribution in [0.5, 0.6) is 0 Å². The first kappa shape index (κ1) is 87.2. The highest BCUT2D eigenvalue weighted by atomic mass is 32.1. The maximum absolute atomic E-state index is 14.0. The smallest absolute Gasteiger partial charge is 0.187 e. The van der Waals surface area contributed by atoms with Crippen LogP contribution in [0.1, 0.15) is 56.4 Å². The fourth-order valence-corrected chi connectivity index (χ4v) is 19.3. The Balaban J connectivity index is 0.000000126. The first-order chi connectivity index (χ1) is 58.8. The van der Waals surface area contributed by atoms with Crippen LogP contribution < -0.4 is 0 Å². The minimum Gasteiger partial charge on any atom is -0.241 e. The molecule has 0 amide bonds. The number of hydrogen-bond donors (Lipinski definition) is 0. The number of aryl methyl sites for hydroxylation is 10. The molecule has 0 aliphatic carbocycles. The maximum atomic E-state index is 14.0. The summed E-state index contributed by atoms with van der Waals surface area (Å²) in [5.74, 6) is -1.97. The molecule has 0 aliphatic rings. The fourth-order valence-electron chi connectivity index (χ4n) is 12.7. The van der Waals surface area contributed by atoms with Crippen molar-refractivity contribution in [2.45, 2.75) is 69.2 Å². The van der Waals surface area contributed by atoms with E-state index in [2.05, 4.69) is 110 Å². The molecule has 12 aromatic carbocycles. The largest absolute Gasteiger partial charge is 0.241 e. The van der Waals surface area contributed by atoms with Crippen molar-refractivity contribution in [1.29, 1.82) is 0 Å². The van der Waals surface area contributed by atoms with E-state index in [4.69, 9.17) is 6.57 Å². The van der Waals surface area contributed by atoms with Crippen LogP contribution in [0.3, 0.4) is 0 Å². The van der Waals surface area contributed by atoms with Crippen LogP contribution in [0, 0.1) is 122 Å². The molecule has 122 heavy (non-hydrogen) atoms. The van der Waals surface area contributed by atoms with Gasteiger partial charge in [0.25, 0.3) is 0 Å². The van der Waals surface area contributed by atoms with E-state index in [1.54, 1.807) is 136 Å². The normalized spacial score (nSPS) is 10.7. The number of benzene rings is 12. The van der Waals surface area contributed by atoms with Crippen molar-refractivity contribution in [3.8, 4) is 126 Å². The van der Waals surface area contributed by atoms with Crippen LogP contribution in [-0.2, 0) is 0 Å². The Bertz CT molecular complexity index is 6530. The molecule has 608 valence electrons. The molecule has 0 N–H and O–H groups in total. The Hall–Kier alpha value is -12.7. The molecular formula is C101H77F8N7S6. The number of rotatable bonds is 12. The molecule has 18 rings (SSSR count). The van der Waals surface area contributed by atoms with Crippen LogP contribution in [0.25, 0.3) is 131 Å².